The lowest BCUT2D eigenvalue weighted by Crippen LogP contribution is -2.26. The van der Waals surface area contributed by atoms with Crippen molar-refractivity contribution >= 4 is 10.9 Å². The molecule has 0 aliphatic rings. The zero-order valence-corrected chi connectivity index (χ0v) is 18.1. The summed E-state index contributed by atoms with van der Waals surface area (Å²) in [5.41, 5.74) is 0.233. The number of fused-ring (bicyclic) bond motifs is 1. The van der Waals surface area contributed by atoms with Gasteiger partial charge in [-0.05, 0) is 37.2 Å². The maximum atomic E-state index is 13.9. The number of aromatic nitrogens is 2. The van der Waals surface area contributed by atoms with Crippen molar-refractivity contribution < 1.29 is 22.0 Å². The minimum absolute atomic E-state index is 0.0417. The molecule has 3 aromatic rings. The maximum absolute atomic E-state index is 13.9. The lowest BCUT2D eigenvalue weighted by Gasteiger charge is -2.23. The highest BCUT2D eigenvalue weighted by atomic mass is 19.4. The van der Waals surface area contributed by atoms with E-state index in [-0.39, 0.29) is 11.0 Å². The average Bonchev–Trinajstić information content (AvgIpc) is 2.96. The van der Waals surface area contributed by atoms with Crippen molar-refractivity contribution in [1.29, 1.82) is 0 Å². The number of hydrogen-bond donors (Lipinski definition) is 0. The summed E-state index contributed by atoms with van der Waals surface area (Å²) in [5.74, 6) is 0. The van der Waals surface area contributed by atoms with E-state index in [9.17, 15) is 22.0 Å². The second-order valence-corrected chi connectivity index (χ2v) is 9.15. The van der Waals surface area contributed by atoms with Gasteiger partial charge in [0, 0.05) is 41.0 Å². The molecule has 0 bridgehead atoms. The fraction of sp³-hybridized carbons (Fsp3) is 0.435. The summed E-state index contributed by atoms with van der Waals surface area (Å²) in [6.07, 6.45) is -4.41. The molecule has 0 saturated heterocycles. The van der Waals surface area contributed by atoms with Crippen LogP contribution in [-0.4, -0.2) is 35.0 Å². The number of benzene rings is 1. The van der Waals surface area contributed by atoms with Crippen LogP contribution in [0.3, 0.4) is 0 Å². The van der Waals surface area contributed by atoms with Gasteiger partial charge in [-0.2, -0.15) is 13.2 Å². The van der Waals surface area contributed by atoms with E-state index >= 15 is 0 Å². The average molecular weight is 439 g/mol. The van der Waals surface area contributed by atoms with Gasteiger partial charge in [0.1, 0.15) is 0 Å². The Hall–Kier alpha value is -2.48. The van der Waals surface area contributed by atoms with Crippen LogP contribution in [0, 0.1) is 5.41 Å². The summed E-state index contributed by atoms with van der Waals surface area (Å²) in [6, 6.07) is 6.50. The molecule has 0 N–H and O–H groups in total. The lowest BCUT2D eigenvalue weighted by atomic mass is 9.96. The third-order valence-corrected chi connectivity index (χ3v) is 5.06. The Labute approximate surface area is 178 Å². The Balaban J connectivity index is 2.26. The molecule has 3 nitrogen and oxygen atoms in total. The van der Waals surface area contributed by atoms with Gasteiger partial charge in [0.05, 0.1) is 6.04 Å². The van der Waals surface area contributed by atoms with Crippen molar-refractivity contribution in [2.45, 2.75) is 46.0 Å². The van der Waals surface area contributed by atoms with Crippen LogP contribution in [0.5, 0.6) is 0 Å². The fourth-order valence-electron chi connectivity index (χ4n) is 3.87. The van der Waals surface area contributed by atoms with E-state index in [0.717, 1.165) is 6.20 Å². The summed E-state index contributed by atoms with van der Waals surface area (Å²) < 4.78 is 70.0. The number of hydrogen-bond acceptors (Lipinski definition) is 2. The van der Waals surface area contributed by atoms with E-state index in [1.54, 1.807) is 32.4 Å². The predicted octanol–water partition coefficient (Wildman–Crippen LogP) is 6.64. The monoisotopic (exact) mass is 439 g/mol. The Bertz CT molecular complexity index is 1050. The van der Waals surface area contributed by atoms with Crippen molar-refractivity contribution in [2.75, 3.05) is 14.1 Å². The van der Waals surface area contributed by atoms with Crippen LogP contribution in [0.4, 0.5) is 22.0 Å². The highest BCUT2D eigenvalue weighted by Crippen LogP contribution is 2.39. The first-order valence-electron chi connectivity index (χ1n) is 9.89. The number of alkyl halides is 5. The van der Waals surface area contributed by atoms with E-state index in [0.29, 0.717) is 28.6 Å². The van der Waals surface area contributed by atoms with Gasteiger partial charge >= 0.3 is 6.18 Å². The largest absolute Gasteiger partial charge is 0.433 e. The lowest BCUT2D eigenvalue weighted by molar-refractivity contribution is -0.140. The van der Waals surface area contributed by atoms with Gasteiger partial charge in [-0.15, -0.1) is 0 Å². The summed E-state index contributed by atoms with van der Waals surface area (Å²) in [5, 5.41) is 0.601. The topological polar surface area (TPSA) is 21.1 Å². The highest BCUT2D eigenvalue weighted by Gasteiger charge is 2.35. The summed E-state index contributed by atoms with van der Waals surface area (Å²) in [6.45, 7) is 6.57. The Morgan fingerprint density at radius 2 is 1.74 bits per heavy atom. The van der Waals surface area contributed by atoms with Crippen LogP contribution in [0.25, 0.3) is 22.0 Å². The van der Waals surface area contributed by atoms with Gasteiger partial charge in [0.2, 0.25) is 0 Å². The quantitative estimate of drug-likeness (QED) is 0.416. The molecule has 0 saturated carbocycles. The van der Waals surface area contributed by atoms with E-state index < -0.39 is 24.3 Å². The minimum atomic E-state index is -4.60. The van der Waals surface area contributed by atoms with Gasteiger partial charge in [-0.25, -0.2) is 8.78 Å². The molecule has 8 heteroatoms. The minimum Gasteiger partial charge on any atom is -0.347 e. The molecule has 1 aromatic carbocycles. The van der Waals surface area contributed by atoms with E-state index in [2.05, 4.69) is 4.98 Å². The number of rotatable bonds is 5. The molecule has 0 spiro atoms. The summed E-state index contributed by atoms with van der Waals surface area (Å²) in [7, 11) is 3.17. The van der Waals surface area contributed by atoms with Crippen molar-refractivity contribution in [3.8, 4) is 11.1 Å². The van der Waals surface area contributed by atoms with Crippen molar-refractivity contribution in [1.82, 2.24) is 14.5 Å². The number of pyridine rings is 1. The summed E-state index contributed by atoms with van der Waals surface area (Å²) >= 11 is 0. The standard InChI is InChI=1S/C23H26F5N3/c1-22(2,3)13-31-12-17(19(21(24)25)30(4)5)16-9-8-14(11-18(16)31)15-7-6-10-29-20(15)23(26,27)28/h6-12,19,21H,13H2,1-5H3. The molecule has 1 unspecified atom stereocenters. The summed E-state index contributed by atoms with van der Waals surface area (Å²) in [4.78, 5) is 4.99. The maximum Gasteiger partial charge on any atom is 0.433 e. The van der Waals surface area contributed by atoms with Crippen LogP contribution in [-0.2, 0) is 12.7 Å². The second kappa shape index (κ2) is 8.22. The van der Waals surface area contributed by atoms with Gasteiger partial charge < -0.3 is 4.57 Å². The van der Waals surface area contributed by atoms with Crippen LogP contribution >= 0.6 is 0 Å². The van der Waals surface area contributed by atoms with Crippen LogP contribution in [0.15, 0.2) is 42.7 Å². The van der Waals surface area contributed by atoms with E-state index in [4.69, 9.17) is 0 Å². The first kappa shape index (κ1) is 23.2. The molecule has 168 valence electrons. The van der Waals surface area contributed by atoms with Crippen molar-refractivity contribution in [2.24, 2.45) is 5.41 Å². The van der Waals surface area contributed by atoms with Gasteiger partial charge in [-0.3, -0.25) is 9.88 Å². The molecule has 0 radical (unpaired) electrons. The molecule has 0 fully saturated rings. The van der Waals surface area contributed by atoms with Crippen LogP contribution in [0.2, 0.25) is 0 Å². The smallest absolute Gasteiger partial charge is 0.347 e. The SMILES string of the molecule is CN(C)C(c1cn(CC(C)(C)C)c2cc(-c3cccnc3C(F)(F)F)ccc12)C(F)F. The zero-order valence-electron chi connectivity index (χ0n) is 18.1. The zero-order chi connectivity index (χ0) is 23.1. The van der Waals surface area contributed by atoms with Crippen molar-refractivity contribution in [3.63, 3.8) is 0 Å². The predicted molar refractivity (Wildman–Crippen MR) is 112 cm³/mol. The molecule has 31 heavy (non-hydrogen) atoms. The molecule has 0 amide bonds. The van der Waals surface area contributed by atoms with E-state index in [1.165, 1.54) is 23.1 Å². The normalized spacial score (nSPS) is 14.1. The first-order valence-corrected chi connectivity index (χ1v) is 9.89. The first-order chi connectivity index (χ1) is 14.3. The molecule has 1 atom stereocenters. The Morgan fingerprint density at radius 1 is 1.06 bits per heavy atom. The fourth-order valence-corrected chi connectivity index (χ4v) is 3.87. The number of nitrogens with zero attached hydrogens (tertiary/aromatic N) is 3. The molecular formula is C23H26F5N3. The molecule has 3 rings (SSSR count). The van der Waals surface area contributed by atoms with Crippen LogP contribution < -0.4 is 0 Å². The Morgan fingerprint density at radius 3 is 2.29 bits per heavy atom. The molecule has 2 aromatic heterocycles. The van der Waals surface area contributed by atoms with Gasteiger partial charge in [0.25, 0.3) is 6.43 Å². The Kier molecular flexibility index (Phi) is 6.15. The molecule has 0 aliphatic heterocycles. The molecular weight excluding hydrogens is 413 g/mol. The third kappa shape index (κ3) is 4.89. The van der Waals surface area contributed by atoms with E-state index in [1.807, 2.05) is 25.3 Å². The van der Waals surface area contributed by atoms with Gasteiger partial charge in [-0.1, -0.05) is 39.0 Å². The third-order valence-electron chi connectivity index (χ3n) is 5.06. The van der Waals surface area contributed by atoms with Gasteiger partial charge in [0.15, 0.2) is 5.69 Å². The second-order valence-electron chi connectivity index (χ2n) is 9.15. The number of halogens is 5. The highest BCUT2D eigenvalue weighted by molar-refractivity contribution is 5.89. The van der Waals surface area contributed by atoms with Crippen LogP contribution in [0.1, 0.15) is 38.1 Å². The molecule has 0 aliphatic carbocycles. The van der Waals surface area contributed by atoms with Crippen molar-refractivity contribution in [3.05, 3.63) is 54.0 Å². The molecule has 2 heterocycles.